The average Bonchev–Trinajstić information content (AvgIpc) is 2.88. The molecule has 1 heterocycles. The van der Waals surface area contributed by atoms with E-state index in [-0.39, 0.29) is 25.3 Å². The number of ether oxygens (including phenoxy) is 2. The van der Waals surface area contributed by atoms with Crippen molar-refractivity contribution in [2.24, 2.45) is 0 Å². The van der Waals surface area contributed by atoms with Crippen LogP contribution in [0.3, 0.4) is 0 Å². The van der Waals surface area contributed by atoms with E-state index < -0.39 is 18.0 Å². The summed E-state index contributed by atoms with van der Waals surface area (Å²) in [7, 11) is 3.11. The summed E-state index contributed by atoms with van der Waals surface area (Å²) in [5.41, 5.74) is 0.784. The van der Waals surface area contributed by atoms with E-state index in [1.807, 2.05) is 0 Å². The molecule has 8 nitrogen and oxygen atoms in total. The molecule has 0 bridgehead atoms. The third-order valence-electron chi connectivity index (χ3n) is 3.48. The van der Waals surface area contributed by atoms with Gasteiger partial charge in [0.25, 0.3) is 5.91 Å². The summed E-state index contributed by atoms with van der Waals surface area (Å²) in [6, 6.07) is 4.13. The topological polar surface area (TPSA) is 106 Å². The zero-order chi connectivity index (χ0) is 16.8. The van der Waals surface area contributed by atoms with E-state index in [0.29, 0.717) is 11.5 Å². The Labute approximate surface area is 133 Å². The zero-order valence-electron chi connectivity index (χ0n) is 13.0. The normalized spacial score (nSPS) is 16.5. The van der Waals surface area contributed by atoms with Crippen LogP contribution < -0.4 is 25.4 Å². The van der Waals surface area contributed by atoms with Crippen LogP contribution in [-0.2, 0) is 16.1 Å². The molecule has 0 saturated carbocycles. The van der Waals surface area contributed by atoms with Gasteiger partial charge in [0.2, 0.25) is 5.91 Å². The first kappa shape index (κ1) is 16.6. The molecule has 3 N–H and O–H groups in total. The summed E-state index contributed by atoms with van der Waals surface area (Å²) in [6.45, 7) is 0.280. The van der Waals surface area contributed by atoms with Gasteiger partial charge in [-0.15, -0.1) is 0 Å². The Balaban J connectivity index is 1.84. The lowest BCUT2D eigenvalue weighted by Gasteiger charge is -2.12. The van der Waals surface area contributed by atoms with E-state index in [1.54, 1.807) is 32.4 Å². The van der Waals surface area contributed by atoms with Gasteiger partial charge in [-0.3, -0.25) is 14.9 Å². The monoisotopic (exact) mass is 321 g/mol. The largest absolute Gasteiger partial charge is 0.497 e. The highest BCUT2D eigenvalue weighted by Crippen LogP contribution is 2.23. The maximum atomic E-state index is 11.9. The summed E-state index contributed by atoms with van der Waals surface area (Å²) in [5.74, 6) is 0.690. The predicted molar refractivity (Wildman–Crippen MR) is 81.1 cm³/mol. The van der Waals surface area contributed by atoms with Crippen LogP contribution in [0.2, 0.25) is 0 Å². The van der Waals surface area contributed by atoms with Crippen molar-refractivity contribution in [1.29, 1.82) is 0 Å². The predicted octanol–water partition coefficient (Wildman–Crippen LogP) is 0.308. The Bertz CT molecular complexity index is 617. The molecule has 1 saturated heterocycles. The molecular weight excluding hydrogens is 302 g/mol. The van der Waals surface area contributed by atoms with Crippen LogP contribution in [0, 0.1) is 0 Å². The van der Waals surface area contributed by atoms with Gasteiger partial charge < -0.3 is 20.1 Å². The molecule has 2 rings (SSSR count). The molecule has 1 aromatic rings. The molecule has 4 amide bonds. The average molecular weight is 321 g/mol. The van der Waals surface area contributed by atoms with Crippen molar-refractivity contribution in [1.82, 2.24) is 16.0 Å². The molecule has 0 spiro atoms. The summed E-state index contributed by atoms with van der Waals surface area (Å²) in [5, 5.41) is 7.33. The molecule has 0 aliphatic carbocycles. The second-order valence-electron chi connectivity index (χ2n) is 5.01. The molecule has 124 valence electrons. The van der Waals surface area contributed by atoms with Gasteiger partial charge >= 0.3 is 6.03 Å². The highest BCUT2D eigenvalue weighted by atomic mass is 16.5. The van der Waals surface area contributed by atoms with E-state index in [4.69, 9.17) is 9.47 Å². The summed E-state index contributed by atoms with van der Waals surface area (Å²) < 4.78 is 10.4. The fourth-order valence-electron chi connectivity index (χ4n) is 2.24. The number of benzene rings is 1. The maximum absolute atomic E-state index is 11.9. The second-order valence-corrected chi connectivity index (χ2v) is 5.01. The van der Waals surface area contributed by atoms with Gasteiger partial charge in [-0.05, 0) is 24.6 Å². The standard InChI is InChI=1S/C15H19N3O5/c1-22-10-3-5-12(23-2)9(7-10)8-16-13(19)6-4-11-14(20)18-15(21)17-11/h3,5,7,11H,4,6,8H2,1-2H3,(H,16,19)(H2,17,18,20,21)/t11-/m0/s1. The SMILES string of the molecule is COc1ccc(OC)c(CNC(=O)CC[C@@H]2NC(=O)NC2=O)c1. The van der Waals surface area contributed by atoms with Crippen LogP contribution >= 0.6 is 0 Å². The molecule has 23 heavy (non-hydrogen) atoms. The third-order valence-corrected chi connectivity index (χ3v) is 3.48. The van der Waals surface area contributed by atoms with Crippen LogP contribution in [0.4, 0.5) is 4.79 Å². The van der Waals surface area contributed by atoms with Crippen molar-refractivity contribution in [3.63, 3.8) is 0 Å². The molecule has 1 aromatic carbocycles. The molecule has 1 aliphatic rings. The van der Waals surface area contributed by atoms with E-state index in [1.165, 1.54) is 0 Å². The van der Waals surface area contributed by atoms with E-state index >= 15 is 0 Å². The van der Waals surface area contributed by atoms with E-state index in [2.05, 4.69) is 16.0 Å². The third kappa shape index (κ3) is 4.35. The summed E-state index contributed by atoms with van der Waals surface area (Å²) in [4.78, 5) is 34.2. The number of rotatable bonds is 7. The van der Waals surface area contributed by atoms with Crippen LogP contribution in [-0.4, -0.2) is 38.1 Å². The summed E-state index contributed by atoms with van der Waals surface area (Å²) in [6.07, 6.45) is 0.378. The van der Waals surface area contributed by atoms with Crippen LogP contribution in [0.15, 0.2) is 18.2 Å². The lowest BCUT2D eigenvalue weighted by molar-refractivity contribution is -0.122. The van der Waals surface area contributed by atoms with Crippen LogP contribution in [0.25, 0.3) is 0 Å². The molecule has 1 aliphatic heterocycles. The van der Waals surface area contributed by atoms with Crippen LogP contribution in [0.5, 0.6) is 11.5 Å². The first-order valence-corrected chi connectivity index (χ1v) is 7.12. The van der Waals surface area contributed by atoms with Crippen molar-refractivity contribution < 1.29 is 23.9 Å². The van der Waals surface area contributed by atoms with Crippen molar-refractivity contribution in [2.75, 3.05) is 14.2 Å². The van der Waals surface area contributed by atoms with Gasteiger partial charge in [0, 0.05) is 18.5 Å². The zero-order valence-corrected chi connectivity index (χ0v) is 13.0. The summed E-state index contributed by atoms with van der Waals surface area (Å²) >= 11 is 0. The van der Waals surface area contributed by atoms with Gasteiger partial charge in [-0.25, -0.2) is 4.79 Å². The molecule has 0 radical (unpaired) electrons. The number of urea groups is 1. The Morgan fingerprint density at radius 1 is 1.26 bits per heavy atom. The van der Waals surface area contributed by atoms with Crippen LogP contribution in [0.1, 0.15) is 18.4 Å². The van der Waals surface area contributed by atoms with E-state index in [9.17, 15) is 14.4 Å². The number of nitrogens with one attached hydrogen (secondary N) is 3. The number of hydrogen-bond acceptors (Lipinski definition) is 5. The van der Waals surface area contributed by atoms with Crippen molar-refractivity contribution in [3.05, 3.63) is 23.8 Å². The Kier molecular flexibility index (Phi) is 5.40. The second kappa shape index (κ2) is 7.48. The Hall–Kier alpha value is -2.77. The Morgan fingerprint density at radius 3 is 2.65 bits per heavy atom. The number of amides is 4. The number of imide groups is 1. The lowest BCUT2D eigenvalue weighted by atomic mass is 10.1. The molecule has 1 fully saturated rings. The minimum Gasteiger partial charge on any atom is -0.497 e. The minimum atomic E-state index is -0.653. The van der Waals surface area contributed by atoms with Crippen molar-refractivity contribution in [2.45, 2.75) is 25.4 Å². The van der Waals surface area contributed by atoms with Gasteiger partial charge in [-0.1, -0.05) is 0 Å². The molecule has 0 aromatic heterocycles. The minimum absolute atomic E-state index is 0.130. The first-order chi connectivity index (χ1) is 11.0. The van der Waals surface area contributed by atoms with Crippen molar-refractivity contribution in [3.8, 4) is 11.5 Å². The van der Waals surface area contributed by atoms with Crippen molar-refractivity contribution >= 4 is 17.8 Å². The number of carbonyl (C=O) groups excluding carboxylic acids is 3. The molecule has 1 atom stereocenters. The number of carbonyl (C=O) groups is 3. The smallest absolute Gasteiger partial charge is 0.322 e. The quantitative estimate of drug-likeness (QED) is 0.627. The van der Waals surface area contributed by atoms with Gasteiger partial charge in [0.05, 0.1) is 14.2 Å². The maximum Gasteiger partial charge on any atom is 0.322 e. The lowest BCUT2D eigenvalue weighted by Crippen LogP contribution is -2.31. The van der Waals surface area contributed by atoms with Gasteiger partial charge in [0.15, 0.2) is 0 Å². The molecular formula is C15H19N3O5. The fourth-order valence-corrected chi connectivity index (χ4v) is 2.24. The van der Waals surface area contributed by atoms with Gasteiger partial charge in [0.1, 0.15) is 17.5 Å². The molecule has 8 heteroatoms. The number of methoxy groups -OCH3 is 2. The molecule has 0 unspecified atom stereocenters. The fraction of sp³-hybridized carbons (Fsp3) is 0.400. The Morgan fingerprint density at radius 2 is 2.04 bits per heavy atom. The van der Waals surface area contributed by atoms with E-state index in [0.717, 1.165) is 5.56 Å². The highest BCUT2D eigenvalue weighted by molar-refractivity contribution is 6.04. The number of hydrogen-bond donors (Lipinski definition) is 3. The first-order valence-electron chi connectivity index (χ1n) is 7.12. The highest BCUT2D eigenvalue weighted by Gasteiger charge is 2.29. The van der Waals surface area contributed by atoms with Gasteiger partial charge in [-0.2, -0.15) is 0 Å².